The minimum absolute atomic E-state index is 0.136. The fourth-order valence-corrected chi connectivity index (χ4v) is 1.86. The topological polar surface area (TPSA) is 68.8 Å². The molecule has 2 N–H and O–H groups in total. The first-order chi connectivity index (χ1) is 9.24. The second-order valence-corrected chi connectivity index (χ2v) is 4.14. The lowest BCUT2D eigenvalue weighted by atomic mass is 10.2. The van der Waals surface area contributed by atoms with Crippen molar-refractivity contribution in [2.45, 2.75) is 6.04 Å². The Balaban J connectivity index is 2.07. The molecule has 6 heteroatoms. The summed E-state index contributed by atoms with van der Waals surface area (Å²) in [5, 5.41) is 5.92. The van der Waals surface area contributed by atoms with Crippen LogP contribution in [0.3, 0.4) is 0 Å². The van der Waals surface area contributed by atoms with Gasteiger partial charge in [-0.05, 0) is 12.1 Å². The summed E-state index contributed by atoms with van der Waals surface area (Å²) in [4.78, 5) is 12.0. The summed E-state index contributed by atoms with van der Waals surface area (Å²) >= 11 is 0. The fraction of sp³-hybridized carbons (Fsp3) is 0.462. The minimum Gasteiger partial charge on any atom is -0.497 e. The zero-order chi connectivity index (χ0) is 13.7. The molecule has 6 nitrogen and oxygen atoms in total. The Kier molecular flexibility index (Phi) is 4.59. The predicted molar refractivity (Wildman–Crippen MR) is 70.8 cm³/mol. The molecule has 19 heavy (non-hydrogen) atoms. The van der Waals surface area contributed by atoms with Crippen LogP contribution in [0, 0.1) is 0 Å². The molecule has 1 aliphatic rings. The zero-order valence-corrected chi connectivity index (χ0v) is 11.1. The fourth-order valence-electron chi connectivity index (χ4n) is 1.86. The Morgan fingerprint density at radius 2 is 2.26 bits per heavy atom. The quantitative estimate of drug-likeness (QED) is 0.836. The SMILES string of the molecule is COc1ccc(NC(=O)C2COCCN2)c(OC)c1. The Bertz CT molecular complexity index is 444. The molecule has 1 heterocycles. The van der Waals surface area contributed by atoms with Crippen molar-refractivity contribution in [3.05, 3.63) is 18.2 Å². The molecule has 0 bridgehead atoms. The van der Waals surface area contributed by atoms with Crippen molar-refractivity contribution in [2.75, 3.05) is 39.3 Å². The van der Waals surface area contributed by atoms with E-state index in [1.165, 1.54) is 0 Å². The molecule has 0 aromatic heterocycles. The van der Waals surface area contributed by atoms with Crippen LogP contribution in [-0.2, 0) is 9.53 Å². The van der Waals surface area contributed by atoms with Crippen molar-refractivity contribution < 1.29 is 19.0 Å². The number of methoxy groups -OCH3 is 2. The molecule has 0 spiro atoms. The number of carbonyl (C=O) groups is 1. The van der Waals surface area contributed by atoms with E-state index in [4.69, 9.17) is 14.2 Å². The molecule has 1 aromatic carbocycles. The number of nitrogens with one attached hydrogen (secondary N) is 2. The Morgan fingerprint density at radius 3 is 2.89 bits per heavy atom. The standard InChI is InChI=1S/C13H18N2O4/c1-17-9-3-4-10(12(7-9)18-2)15-13(16)11-8-19-6-5-14-11/h3-4,7,11,14H,5-6,8H2,1-2H3,(H,15,16). The van der Waals surface area contributed by atoms with Gasteiger partial charge in [-0.15, -0.1) is 0 Å². The molecule has 1 aliphatic heterocycles. The van der Waals surface area contributed by atoms with Gasteiger partial charge in [-0.1, -0.05) is 0 Å². The summed E-state index contributed by atoms with van der Waals surface area (Å²) in [5.41, 5.74) is 0.612. The maximum atomic E-state index is 12.0. The molecule has 1 aromatic rings. The van der Waals surface area contributed by atoms with Crippen LogP contribution in [0.1, 0.15) is 0 Å². The molecule has 2 rings (SSSR count). The molecule has 1 fully saturated rings. The molecule has 104 valence electrons. The van der Waals surface area contributed by atoms with Crippen molar-refractivity contribution in [3.63, 3.8) is 0 Å². The second kappa shape index (κ2) is 6.40. The van der Waals surface area contributed by atoms with Crippen LogP contribution in [-0.4, -0.2) is 45.9 Å². The van der Waals surface area contributed by atoms with E-state index < -0.39 is 0 Å². The number of hydrogen-bond donors (Lipinski definition) is 2. The van der Waals surface area contributed by atoms with Gasteiger partial charge in [0, 0.05) is 12.6 Å². The van der Waals surface area contributed by atoms with Crippen LogP contribution in [0.5, 0.6) is 11.5 Å². The molecule has 0 radical (unpaired) electrons. The Morgan fingerprint density at radius 1 is 1.42 bits per heavy atom. The molecule has 1 saturated heterocycles. The van der Waals surface area contributed by atoms with E-state index in [-0.39, 0.29) is 11.9 Å². The van der Waals surface area contributed by atoms with Gasteiger partial charge >= 0.3 is 0 Å². The van der Waals surface area contributed by atoms with Gasteiger partial charge in [-0.3, -0.25) is 4.79 Å². The van der Waals surface area contributed by atoms with Gasteiger partial charge in [0.15, 0.2) is 0 Å². The average molecular weight is 266 g/mol. The van der Waals surface area contributed by atoms with E-state index in [1.54, 1.807) is 32.4 Å². The summed E-state index contributed by atoms with van der Waals surface area (Å²) in [6.45, 7) is 1.69. The Hall–Kier alpha value is -1.79. The third kappa shape index (κ3) is 3.36. The van der Waals surface area contributed by atoms with Crippen molar-refractivity contribution in [2.24, 2.45) is 0 Å². The Labute approximate surface area is 112 Å². The minimum atomic E-state index is -0.333. The first kappa shape index (κ1) is 13.6. The summed E-state index contributed by atoms with van der Waals surface area (Å²) in [5.74, 6) is 1.10. The predicted octanol–water partition coefficient (Wildman–Crippen LogP) is 0.631. The van der Waals surface area contributed by atoms with Gasteiger partial charge in [0.2, 0.25) is 5.91 Å². The molecule has 0 aliphatic carbocycles. The van der Waals surface area contributed by atoms with Gasteiger partial charge in [0.1, 0.15) is 17.5 Å². The first-order valence-corrected chi connectivity index (χ1v) is 6.08. The number of amides is 1. The van der Waals surface area contributed by atoms with Crippen LogP contribution in [0.25, 0.3) is 0 Å². The largest absolute Gasteiger partial charge is 0.497 e. The highest BCUT2D eigenvalue weighted by atomic mass is 16.5. The van der Waals surface area contributed by atoms with E-state index in [0.29, 0.717) is 36.9 Å². The smallest absolute Gasteiger partial charge is 0.244 e. The summed E-state index contributed by atoms with van der Waals surface area (Å²) in [7, 11) is 3.13. The molecular formula is C13H18N2O4. The summed E-state index contributed by atoms with van der Waals surface area (Å²) in [6.07, 6.45) is 0. The van der Waals surface area contributed by atoms with Gasteiger partial charge < -0.3 is 24.8 Å². The van der Waals surface area contributed by atoms with Gasteiger partial charge in [-0.2, -0.15) is 0 Å². The zero-order valence-electron chi connectivity index (χ0n) is 11.1. The summed E-state index contributed by atoms with van der Waals surface area (Å²) < 4.78 is 15.6. The molecule has 0 saturated carbocycles. The van der Waals surface area contributed by atoms with Gasteiger partial charge in [-0.25, -0.2) is 0 Å². The molecule has 1 unspecified atom stereocenters. The average Bonchev–Trinajstić information content (AvgIpc) is 2.48. The highest BCUT2D eigenvalue weighted by Crippen LogP contribution is 2.29. The van der Waals surface area contributed by atoms with Crippen molar-refractivity contribution in [1.82, 2.24) is 5.32 Å². The summed E-state index contributed by atoms with van der Waals surface area (Å²) in [6, 6.07) is 4.91. The van der Waals surface area contributed by atoms with Crippen molar-refractivity contribution in [3.8, 4) is 11.5 Å². The number of morpholine rings is 1. The van der Waals surface area contributed by atoms with Gasteiger partial charge in [0.05, 0.1) is 33.1 Å². The van der Waals surface area contributed by atoms with Crippen LogP contribution < -0.4 is 20.1 Å². The van der Waals surface area contributed by atoms with Crippen LogP contribution in [0.15, 0.2) is 18.2 Å². The van der Waals surface area contributed by atoms with Gasteiger partial charge in [0.25, 0.3) is 0 Å². The van der Waals surface area contributed by atoms with Crippen LogP contribution in [0.4, 0.5) is 5.69 Å². The van der Waals surface area contributed by atoms with E-state index in [9.17, 15) is 4.79 Å². The highest BCUT2D eigenvalue weighted by Gasteiger charge is 2.22. The van der Waals surface area contributed by atoms with E-state index in [1.807, 2.05) is 0 Å². The number of carbonyl (C=O) groups excluding carboxylic acids is 1. The number of anilines is 1. The number of rotatable bonds is 4. The number of ether oxygens (including phenoxy) is 3. The maximum Gasteiger partial charge on any atom is 0.244 e. The van der Waals surface area contributed by atoms with Crippen LogP contribution in [0.2, 0.25) is 0 Å². The van der Waals surface area contributed by atoms with E-state index >= 15 is 0 Å². The lowest BCUT2D eigenvalue weighted by molar-refractivity contribution is -0.120. The van der Waals surface area contributed by atoms with Crippen molar-refractivity contribution in [1.29, 1.82) is 0 Å². The molecule has 1 amide bonds. The highest BCUT2D eigenvalue weighted by molar-refractivity contribution is 5.96. The third-order valence-electron chi connectivity index (χ3n) is 2.90. The second-order valence-electron chi connectivity index (χ2n) is 4.14. The monoisotopic (exact) mass is 266 g/mol. The number of hydrogen-bond acceptors (Lipinski definition) is 5. The van der Waals surface area contributed by atoms with E-state index in [2.05, 4.69) is 10.6 Å². The van der Waals surface area contributed by atoms with Crippen LogP contribution >= 0.6 is 0 Å². The normalized spacial score (nSPS) is 18.7. The lowest BCUT2D eigenvalue weighted by Crippen LogP contribution is -2.48. The lowest BCUT2D eigenvalue weighted by Gasteiger charge is -2.23. The molecular weight excluding hydrogens is 248 g/mol. The maximum absolute atomic E-state index is 12.0. The van der Waals surface area contributed by atoms with E-state index in [0.717, 1.165) is 0 Å². The van der Waals surface area contributed by atoms with Crippen molar-refractivity contribution >= 4 is 11.6 Å². The number of benzene rings is 1. The third-order valence-corrected chi connectivity index (χ3v) is 2.90. The molecule has 1 atom stereocenters. The first-order valence-electron chi connectivity index (χ1n) is 6.08.